The molecule has 3 aliphatic rings. The minimum Gasteiger partial charge on any atom is -0.478 e. The van der Waals surface area contributed by atoms with Crippen LogP contribution in [0.15, 0.2) is 53.1 Å². The Morgan fingerprint density at radius 2 is 1.71 bits per heavy atom. The van der Waals surface area contributed by atoms with Crippen molar-refractivity contribution in [1.29, 1.82) is 0 Å². The molecule has 200 valence electrons. The monoisotopic (exact) mass is 528 g/mol. The average molecular weight is 529 g/mol. The molecule has 2 saturated heterocycles. The van der Waals surface area contributed by atoms with Crippen molar-refractivity contribution >= 4 is 11.7 Å². The molecule has 0 spiro atoms. The summed E-state index contributed by atoms with van der Waals surface area (Å²) in [6.07, 6.45) is 0.736. The number of aromatic carboxylic acids is 1. The number of piperidine rings is 1. The first-order valence-corrected chi connectivity index (χ1v) is 12.8. The number of ether oxygens (including phenoxy) is 2. The van der Waals surface area contributed by atoms with Gasteiger partial charge in [0.2, 0.25) is 0 Å². The van der Waals surface area contributed by atoms with E-state index in [1.807, 2.05) is 12.1 Å². The summed E-state index contributed by atoms with van der Waals surface area (Å²) >= 11 is 0. The Balaban J connectivity index is 1.19. The van der Waals surface area contributed by atoms with E-state index in [0.717, 1.165) is 44.2 Å². The number of nitrogens with zero attached hydrogens (tertiary/aromatic N) is 2. The van der Waals surface area contributed by atoms with Gasteiger partial charge < -0.3 is 24.0 Å². The van der Waals surface area contributed by atoms with Crippen molar-refractivity contribution in [2.75, 3.05) is 4.90 Å². The van der Waals surface area contributed by atoms with Crippen LogP contribution in [0.5, 0.6) is 5.75 Å². The predicted molar refractivity (Wildman–Crippen MR) is 131 cm³/mol. The number of carbonyl (C=O) groups is 1. The van der Waals surface area contributed by atoms with E-state index in [-0.39, 0.29) is 47.6 Å². The van der Waals surface area contributed by atoms with E-state index in [0.29, 0.717) is 17.0 Å². The molecule has 0 amide bonds. The van der Waals surface area contributed by atoms with Crippen molar-refractivity contribution in [1.82, 2.24) is 5.16 Å². The quantitative estimate of drug-likeness (QED) is 0.356. The molecule has 3 atom stereocenters. The molecule has 0 radical (unpaired) electrons. The van der Waals surface area contributed by atoms with Gasteiger partial charge >= 0.3 is 12.3 Å². The molecule has 1 aromatic heterocycles. The summed E-state index contributed by atoms with van der Waals surface area (Å²) < 4.78 is 55.4. The van der Waals surface area contributed by atoms with Gasteiger partial charge in [-0.2, -0.15) is 0 Å². The molecule has 2 aromatic carbocycles. The van der Waals surface area contributed by atoms with Crippen LogP contribution in [0.1, 0.15) is 66.1 Å². The molecule has 1 saturated carbocycles. The van der Waals surface area contributed by atoms with Crippen molar-refractivity contribution in [2.45, 2.75) is 75.6 Å². The van der Waals surface area contributed by atoms with E-state index < -0.39 is 12.3 Å². The number of fused-ring (bicyclic) bond motifs is 2. The zero-order valence-electron chi connectivity index (χ0n) is 20.5. The fourth-order valence-corrected chi connectivity index (χ4v) is 5.88. The number of rotatable bonds is 8. The van der Waals surface area contributed by atoms with Crippen LogP contribution >= 0.6 is 0 Å². The summed E-state index contributed by atoms with van der Waals surface area (Å²) in [5.41, 5.74) is 2.51. The Bertz CT molecular complexity index is 1300. The standard InChI is InChI=1S/C28H27F3N2O5/c29-28(30,31)37-24-4-2-1-3-22(24)25-23(26(38-32-25)16-5-6-16)15-36-21-13-19-11-12-20(14-21)33(19)18-9-7-17(8-10-18)27(34)35/h1-4,7-10,16,19-21H,5-6,11-15H2,(H,34,35)/t19-,20?,21?/m0/s1. The van der Waals surface area contributed by atoms with E-state index in [1.54, 1.807) is 24.3 Å². The van der Waals surface area contributed by atoms with Crippen LogP contribution in [0, 0.1) is 0 Å². The van der Waals surface area contributed by atoms with E-state index in [1.165, 1.54) is 12.1 Å². The number of halogens is 3. The maximum absolute atomic E-state index is 13.0. The average Bonchev–Trinajstić information content (AvgIpc) is 3.58. The lowest BCUT2D eigenvalue weighted by molar-refractivity contribution is -0.274. The second kappa shape index (κ2) is 9.65. The number of carboxylic acids is 1. The number of carboxylic acid groups (broad SMARTS) is 1. The third-order valence-electron chi connectivity index (χ3n) is 7.70. The van der Waals surface area contributed by atoms with E-state index in [4.69, 9.17) is 9.26 Å². The summed E-state index contributed by atoms with van der Waals surface area (Å²) in [6.45, 7) is 0.197. The Labute approximate surface area is 217 Å². The van der Waals surface area contributed by atoms with Crippen LogP contribution in [0.2, 0.25) is 0 Å². The Kier molecular flexibility index (Phi) is 6.29. The van der Waals surface area contributed by atoms with Gasteiger partial charge in [-0.3, -0.25) is 0 Å². The fourth-order valence-electron chi connectivity index (χ4n) is 5.88. The number of benzene rings is 2. The Morgan fingerprint density at radius 3 is 2.34 bits per heavy atom. The normalized spacial score (nSPS) is 23.0. The summed E-state index contributed by atoms with van der Waals surface area (Å²) in [4.78, 5) is 13.6. The molecule has 7 nitrogen and oxygen atoms in total. The number of anilines is 1. The molecule has 1 aliphatic carbocycles. The lowest BCUT2D eigenvalue weighted by atomic mass is 9.98. The molecule has 2 unspecified atom stereocenters. The lowest BCUT2D eigenvalue weighted by Crippen LogP contribution is -2.45. The van der Waals surface area contributed by atoms with Gasteiger partial charge in [-0.15, -0.1) is 13.2 Å². The minimum absolute atomic E-state index is 0.0153. The largest absolute Gasteiger partial charge is 0.573 e. The molecular formula is C28H27F3N2O5. The second-order valence-electron chi connectivity index (χ2n) is 10.2. The van der Waals surface area contributed by atoms with Crippen LogP contribution < -0.4 is 9.64 Å². The second-order valence-corrected chi connectivity index (χ2v) is 10.2. The Hall–Kier alpha value is -3.53. The van der Waals surface area contributed by atoms with Crippen LogP contribution in [0.3, 0.4) is 0 Å². The van der Waals surface area contributed by atoms with Crippen LogP contribution in [0.4, 0.5) is 18.9 Å². The molecule has 3 aromatic rings. The Morgan fingerprint density at radius 1 is 1.03 bits per heavy atom. The minimum atomic E-state index is -4.82. The van der Waals surface area contributed by atoms with E-state index >= 15 is 0 Å². The number of hydrogen-bond donors (Lipinski definition) is 1. The molecule has 2 aliphatic heterocycles. The van der Waals surface area contributed by atoms with Gasteiger partial charge in [0.25, 0.3) is 0 Å². The third-order valence-corrected chi connectivity index (χ3v) is 7.70. The van der Waals surface area contributed by atoms with Crippen molar-refractivity contribution in [3.63, 3.8) is 0 Å². The predicted octanol–water partition coefficient (Wildman–Crippen LogP) is 6.53. The van der Waals surface area contributed by atoms with Crippen molar-refractivity contribution in [3.8, 4) is 17.0 Å². The molecule has 38 heavy (non-hydrogen) atoms. The van der Waals surface area contributed by atoms with E-state index in [9.17, 15) is 23.1 Å². The summed E-state index contributed by atoms with van der Waals surface area (Å²) in [5.74, 6) is -0.381. The van der Waals surface area contributed by atoms with Gasteiger partial charge in [0.1, 0.15) is 17.2 Å². The van der Waals surface area contributed by atoms with Crippen molar-refractivity contribution in [3.05, 3.63) is 65.4 Å². The first-order chi connectivity index (χ1) is 18.3. The van der Waals surface area contributed by atoms with Crippen LogP contribution in [-0.2, 0) is 11.3 Å². The zero-order chi connectivity index (χ0) is 26.4. The van der Waals surface area contributed by atoms with Gasteiger partial charge in [0, 0.05) is 34.8 Å². The van der Waals surface area contributed by atoms with Crippen LogP contribution in [-0.4, -0.2) is 40.8 Å². The highest BCUT2D eigenvalue weighted by Gasteiger charge is 2.42. The molecule has 2 bridgehead atoms. The van der Waals surface area contributed by atoms with Crippen molar-refractivity contribution < 1.29 is 37.1 Å². The molecule has 1 N–H and O–H groups in total. The smallest absolute Gasteiger partial charge is 0.478 e. The zero-order valence-corrected chi connectivity index (χ0v) is 20.5. The van der Waals surface area contributed by atoms with Crippen molar-refractivity contribution in [2.24, 2.45) is 0 Å². The number of aromatic nitrogens is 1. The SMILES string of the molecule is O=C(O)c1ccc(N2C3CC[C@H]2CC(OCc2c(-c4ccccc4OC(F)(F)F)noc2C2CC2)C3)cc1. The van der Waals surface area contributed by atoms with Gasteiger partial charge in [-0.1, -0.05) is 17.3 Å². The highest BCUT2D eigenvalue weighted by atomic mass is 19.4. The summed E-state index contributed by atoms with van der Waals surface area (Å²) in [7, 11) is 0. The van der Waals surface area contributed by atoms with Gasteiger partial charge in [-0.05, 0) is 74.9 Å². The topological polar surface area (TPSA) is 85.0 Å². The summed E-state index contributed by atoms with van der Waals surface area (Å²) in [6, 6.07) is 13.5. The highest BCUT2D eigenvalue weighted by Crippen LogP contribution is 2.46. The summed E-state index contributed by atoms with van der Waals surface area (Å²) in [5, 5.41) is 13.4. The lowest BCUT2D eigenvalue weighted by Gasteiger charge is -2.40. The van der Waals surface area contributed by atoms with Gasteiger partial charge in [0.15, 0.2) is 0 Å². The highest BCUT2D eigenvalue weighted by molar-refractivity contribution is 5.88. The molecular weight excluding hydrogens is 501 g/mol. The number of para-hydroxylation sites is 1. The van der Waals surface area contributed by atoms with E-state index in [2.05, 4.69) is 14.8 Å². The molecule has 3 fully saturated rings. The van der Waals surface area contributed by atoms with Gasteiger partial charge in [0.05, 0.1) is 18.3 Å². The molecule has 6 rings (SSSR count). The number of alkyl halides is 3. The maximum atomic E-state index is 13.0. The third kappa shape index (κ3) is 4.97. The fraction of sp³-hybridized carbons (Fsp3) is 0.429. The number of hydrogen-bond acceptors (Lipinski definition) is 6. The first-order valence-electron chi connectivity index (χ1n) is 12.8. The molecule has 3 heterocycles. The van der Waals surface area contributed by atoms with Crippen LogP contribution in [0.25, 0.3) is 11.3 Å². The maximum Gasteiger partial charge on any atom is 0.573 e. The first kappa shape index (κ1) is 24.8. The molecule has 10 heteroatoms. The van der Waals surface area contributed by atoms with Gasteiger partial charge in [-0.25, -0.2) is 4.79 Å².